The summed E-state index contributed by atoms with van der Waals surface area (Å²) < 4.78 is 16.3. The lowest BCUT2D eigenvalue weighted by atomic mass is 9.98. The second kappa shape index (κ2) is 14.9. The zero-order valence-corrected chi connectivity index (χ0v) is 26.6. The number of alkyl carbamates (subject to hydrolysis) is 2. The average molecular weight is 615 g/mol. The zero-order valence-electron chi connectivity index (χ0n) is 26.6. The third-order valence-corrected chi connectivity index (χ3v) is 7.64. The maximum atomic E-state index is 13.3. The van der Waals surface area contributed by atoms with Gasteiger partial charge < -0.3 is 24.8 Å². The molecular weight excluding hydrogens is 572 g/mol. The minimum atomic E-state index is -0.951. The normalized spacial score (nSPS) is 12.8. The molecule has 2 amide bonds. The number of ether oxygens (including phenoxy) is 3. The smallest absolute Gasteiger partial charge is 0.407 e. The van der Waals surface area contributed by atoms with Gasteiger partial charge in [0.1, 0.15) is 12.2 Å². The van der Waals surface area contributed by atoms with Crippen LogP contribution in [0.3, 0.4) is 0 Å². The minimum Gasteiger partial charge on any atom is -0.454 e. The van der Waals surface area contributed by atoms with Crippen molar-refractivity contribution < 1.29 is 33.4 Å². The van der Waals surface area contributed by atoms with Crippen LogP contribution in [0.15, 0.2) is 66.7 Å². The van der Waals surface area contributed by atoms with E-state index in [1.54, 1.807) is 46.8 Å². The molecule has 0 aliphatic heterocycles. The monoisotopic (exact) mass is 614 g/mol. The Morgan fingerprint density at radius 1 is 0.778 bits per heavy atom. The van der Waals surface area contributed by atoms with Gasteiger partial charge in [0.25, 0.3) is 0 Å². The molecule has 0 bridgehead atoms. The molecule has 9 heteroatoms. The van der Waals surface area contributed by atoms with Gasteiger partial charge in [0.15, 0.2) is 12.4 Å². The van der Waals surface area contributed by atoms with Crippen LogP contribution in [0.5, 0.6) is 0 Å². The molecule has 0 spiro atoms. The summed E-state index contributed by atoms with van der Waals surface area (Å²) in [7, 11) is 0. The quantitative estimate of drug-likeness (QED) is 0.133. The number of Topliss-reactive ketones (excluding diaryl/α,β-unsaturated/α-hetero) is 1. The number of benzene rings is 3. The van der Waals surface area contributed by atoms with Gasteiger partial charge >= 0.3 is 18.2 Å². The molecule has 9 nitrogen and oxygen atoms in total. The molecule has 2 N–H and O–H groups in total. The third-order valence-electron chi connectivity index (χ3n) is 7.64. The lowest BCUT2D eigenvalue weighted by molar-refractivity contribution is -0.124. The Morgan fingerprint density at radius 3 is 1.98 bits per heavy atom. The second-order valence-corrected chi connectivity index (χ2v) is 12.3. The first-order valence-corrected chi connectivity index (χ1v) is 15.3. The zero-order chi connectivity index (χ0) is 32.6. The molecule has 0 unspecified atom stereocenters. The van der Waals surface area contributed by atoms with Crippen LogP contribution >= 0.6 is 0 Å². The van der Waals surface area contributed by atoms with Crippen molar-refractivity contribution in [2.24, 2.45) is 0 Å². The number of carbonyl (C=O) groups is 4. The predicted molar refractivity (Wildman–Crippen MR) is 171 cm³/mol. The van der Waals surface area contributed by atoms with Crippen molar-refractivity contribution in [3.05, 3.63) is 94.5 Å². The molecule has 0 fully saturated rings. The number of hydrogen-bond donors (Lipinski definition) is 2. The predicted octanol–water partition coefficient (Wildman–Crippen LogP) is 6.63. The van der Waals surface area contributed by atoms with E-state index < -0.39 is 42.2 Å². The van der Waals surface area contributed by atoms with Crippen molar-refractivity contribution in [3.63, 3.8) is 0 Å². The second-order valence-electron chi connectivity index (χ2n) is 12.3. The summed E-state index contributed by atoms with van der Waals surface area (Å²) in [5, 5.41) is 5.38. The number of rotatable bonds is 12. The van der Waals surface area contributed by atoms with Gasteiger partial charge in [-0.25, -0.2) is 14.4 Å². The molecule has 238 valence electrons. The number of fused-ring (bicyclic) bond motifs is 3. The molecule has 1 aliphatic rings. The van der Waals surface area contributed by atoms with E-state index in [-0.39, 0.29) is 18.9 Å². The first-order chi connectivity index (χ1) is 21.4. The lowest BCUT2D eigenvalue weighted by Crippen LogP contribution is -2.43. The van der Waals surface area contributed by atoms with Crippen LogP contribution < -0.4 is 10.6 Å². The van der Waals surface area contributed by atoms with Crippen LogP contribution in [0.4, 0.5) is 9.59 Å². The third kappa shape index (κ3) is 8.94. The van der Waals surface area contributed by atoms with E-state index in [4.69, 9.17) is 14.2 Å². The highest BCUT2D eigenvalue weighted by molar-refractivity contribution is 5.95. The van der Waals surface area contributed by atoms with Gasteiger partial charge in [0.05, 0.1) is 11.6 Å². The highest BCUT2D eigenvalue weighted by atomic mass is 16.6. The number of ketones is 1. The van der Waals surface area contributed by atoms with E-state index in [9.17, 15) is 19.2 Å². The van der Waals surface area contributed by atoms with Crippen LogP contribution in [0.25, 0.3) is 11.1 Å². The summed E-state index contributed by atoms with van der Waals surface area (Å²) in [6, 6.07) is 20.6. The summed E-state index contributed by atoms with van der Waals surface area (Å²) in [6.07, 6.45) is 0.0478. The Bertz CT molecular complexity index is 1480. The van der Waals surface area contributed by atoms with Crippen LogP contribution in [-0.2, 0) is 19.0 Å². The van der Waals surface area contributed by atoms with E-state index in [0.717, 1.165) is 33.4 Å². The van der Waals surface area contributed by atoms with Gasteiger partial charge in [-0.1, -0.05) is 66.7 Å². The first kappa shape index (κ1) is 33.2. The standard InChI is InChI=1S/C36H42N2O7/c1-23-13-12-14-24(2)32(23)33(40)43-22-31(39)30(19-10-11-20-37-34(41)45-36(3,4)5)38-35(42)44-21-29-27-17-8-6-15-25(27)26-16-7-9-18-28(26)29/h6-9,12-18,29-30H,10-11,19-22H2,1-5H3,(H,37,41)(H,38,42)/t30-/m0/s1. The molecular formula is C36H42N2O7. The van der Waals surface area contributed by atoms with E-state index >= 15 is 0 Å². The maximum absolute atomic E-state index is 13.3. The van der Waals surface area contributed by atoms with Crippen molar-refractivity contribution in [2.75, 3.05) is 19.8 Å². The highest BCUT2D eigenvalue weighted by Gasteiger charge is 2.30. The van der Waals surface area contributed by atoms with Gasteiger partial charge in [-0.3, -0.25) is 4.79 Å². The Labute approximate surface area is 264 Å². The summed E-state index contributed by atoms with van der Waals surface area (Å²) in [4.78, 5) is 51.1. The molecule has 0 heterocycles. The number of aryl methyl sites for hydroxylation is 2. The van der Waals surface area contributed by atoms with Crippen molar-refractivity contribution in [3.8, 4) is 11.1 Å². The Kier molecular flexibility index (Phi) is 11.0. The Morgan fingerprint density at radius 2 is 1.38 bits per heavy atom. The molecule has 1 atom stereocenters. The molecule has 1 aliphatic carbocycles. The Hall–Kier alpha value is -4.66. The van der Waals surface area contributed by atoms with Gasteiger partial charge in [0, 0.05) is 12.5 Å². The average Bonchev–Trinajstić information content (AvgIpc) is 3.30. The van der Waals surface area contributed by atoms with E-state index in [1.807, 2.05) is 42.5 Å². The Balaban J connectivity index is 1.36. The van der Waals surface area contributed by atoms with Crippen molar-refractivity contribution in [1.82, 2.24) is 10.6 Å². The number of hydrogen-bond acceptors (Lipinski definition) is 7. The van der Waals surface area contributed by atoms with Crippen molar-refractivity contribution in [1.29, 1.82) is 0 Å². The fraction of sp³-hybridized carbons (Fsp3) is 0.389. The van der Waals surface area contributed by atoms with Crippen LogP contribution in [-0.4, -0.2) is 55.3 Å². The lowest BCUT2D eigenvalue weighted by Gasteiger charge is -2.20. The van der Waals surface area contributed by atoms with Gasteiger partial charge in [-0.2, -0.15) is 0 Å². The first-order valence-electron chi connectivity index (χ1n) is 15.3. The number of carbonyl (C=O) groups excluding carboxylic acids is 4. The van der Waals surface area contributed by atoms with Crippen LogP contribution in [0.1, 0.15) is 78.6 Å². The molecule has 0 saturated carbocycles. The van der Waals surface area contributed by atoms with E-state index in [0.29, 0.717) is 24.9 Å². The van der Waals surface area contributed by atoms with E-state index in [2.05, 4.69) is 22.8 Å². The van der Waals surface area contributed by atoms with Gasteiger partial charge in [0.2, 0.25) is 0 Å². The molecule has 0 saturated heterocycles. The fourth-order valence-corrected chi connectivity index (χ4v) is 5.52. The van der Waals surface area contributed by atoms with E-state index in [1.165, 1.54) is 0 Å². The minimum absolute atomic E-state index is 0.0993. The molecule has 45 heavy (non-hydrogen) atoms. The largest absolute Gasteiger partial charge is 0.454 e. The summed E-state index contributed by atoms with van der Waals surface area (Å²) in [5.74, 6) is -1.18. The highest BCUT2D eigenvalue weighted by Crippen LogP contribution is 2.44. The number of esters is 1. The molecule has 3 aromatic carbocycles. The fourth-order valence-electron chi connectivity index (χ4n) is 5.52. The van der Waals surface area contributed by atoms with Gasteiger partial charge in [-0.15, -0.1) is 0 Å². The number of amides is 2. The van der Waals surface area contributed by atoms with Crippen molar-refractivity contribution >= 4 is 23.9 Å². The van der Waals surface area contributed by atoms with Crippen LogP contribution in [0.2, 0.25) is 0 Å². The van der Waals surface area contributed by atoms with Crippen LogP contribution in [0, 0.1) is 13.8 Å². The number of nitrogens with one attached hydrogen (secondary N) is 2. The van der Waals surface area contributed by atoms with Crippen molar-refractivity contribution in [2.45, 2.75) is 71.4 Å². The topological polar surface area (TPSA) is 120 Å². The molecule has 3 aromatic rings. The summed E-state index contributed by atoms with van der Waals surface area (Å²) in [6.45, 7) is 8.89. The van der Waals surface area contributed by atoms with Gasteiger partial charge in [-0.05, 0) is 87.3 Å². The SMILES string of the molecule is Cc1cccc(C)c1C(=O)OCC(=O)[C@H](CCCCNC(=O)OC(C)(C)C)NC(=O)OCC1c2ccccc2-c2ccccc21. The molecule has 0 aromatic heterocycles. The number of unbranched alkanes of at least 4 members (excludes halogenated alkanes) is 1. The maximum Gasteiger partial charge on any atom is 0.407 e. The summed E-state index contributed by atoms with van der Waals surface area (Å²) >= 11 is 0. The molecule has 0 radical (unpaired) electrons. The summed E-state index contributed by atoms with van der Waals surface area (Å²) in [5.41, 5.74) is 5.69. The molecule has 4 rings (SSSR count).